The Hall–Kier alpha value is -1.40. The minimum Gasteiger partial charge on any atom is -0.394 e. The highest BCUT2D eigenvalue weighted by atomic mass is 32.1. The molecule has 2 heterocycles. The number of aliphatic hydroxyl groups is 1. The molecule has 3 N–H and O–H groups in total. The van der Waals surface area contributed by atoms with Gasteiger partial charge in [0.1, 0.15) is 10.6 Å². The highest BCUT2D eigenvalue weighted by Gasteiger charge is 2.13. The zero-order chi connectivity index (χ0) is 13.8. The molecule has 0 bridgehead atoms. The summed E-state index contributed by atoms with van der Waals surface area (Å²) < 4.78 is 0. The minimum atomic E-state index is 0.0211. The molecule has 19 heavy (non-hydrogen) atoms. The van der Waals surface area contributed by atoms with Gasteiger partial charge in [-0.2, -0.15) is 4.98 Å². The quantitative estimate of drug-likeness (QED) is 0.759. The first-order chi connectivity index (χ1) is 9.17. The molecule has 0 saturated carbocycles. The summed E-state index contributed by atoms with van der Waals surface area (Å²) in [6.45, 7) is 7.00. The maximum absolute atomic E-state index is 9.32. The summed E-state index contributed by atoms with van der Waals surface area (Å²) in [5.41, 5.74) is 0. The van der Waals surface area contributed by atoms with E-state index in [-0.39, 0.29) is 12.6 Å². The molecule has 1 atom stereocenters. The predicted molar refractivity (Wildman–Crippen MR) is 81.1 cm³/mol. The third-order valence-electron chi connectivity index (χ3n) is 2.90. The summed E-state index contributed by atoms with van der Waals surface area (Å²) in [5, 5.41) is 16.8. The Bertz CT molecular complexity index is 551. The molecule has 0 aliphatic rings. The molecule has 5 nitrogen and oxygen atoms in total. The standard InChI is InChI=1S/C13H20N4OS/c1-4-9(7-18)15-11-10-6-8(3)19-12(10)17-13(16-11)14-5-2/h6,9,18H,4-5,7H2,1-3H3,(H2,14,15,16,17). The molecule has 0 aromatic carbocycles. The van der Waals surface area contributed by atoms with Gasteiger partial charge in [-0.3, -0.25) is 0 Å². The Labute approximate surface area is 117 Å². The van der Waals surface area contributed by atoms with Crippen LogP contribution in [0, 0.1) is 6.92 Å². The summed E-state index contributed by atoms with van der Waals surface area (Å²) in [6.07, 6.45) is 0.849. The summed E-state index contributed by atoms with van der Waals surface area (Å²) >= 11 is 1.65. The van der Waals surface area contributed by atoms with E-state index < -0.39 is 0 Å². The van der Waals surface area contributed by atoms with Gasteiger partial charge in [0.2, 0.25) is 5.95 Å². The number of aryl methyl sites for hydroxylation is 1. The van der Waals surface area contributed by atoms with Gasteiger partial charge in [-0.25, -0.2) is 4.98 Å². The minimum absolute atomic E-state index is 0.0211. The zero-order valence-electron chi connectivity index (χ0n) is 11.5. The lowest BCUT2D eigenvalue weighted by molar-refractivity contribution is 0.271. The fourth-order valence-corrected chi connectivity index (χ4v) is 2.74. The van der Waals surface area contributed by atoms with Crippen molar-refractivity contribution < 1.29 is 5.11 Å². The van der Waals surface area contributed by atoms with E-state index in [0.29, 0.717) is 5.95 Å². The van der Waals surface area contributed by atoms with E-state index in [9.17, 15) is 5.11 Å². The fraction of sp³-hybridized carbons (Fsp3) is 0.538. The van der Waals surface area contributed by atoms with Crippen LogP contribution in [0.1, 0.15) is 25.1 Å². The second kappa shape index (κ2) is 6.16. The number of thiophene rings is 1. The first-order valence-corrected chi connectivity index (χ1v) is 7.39. The van der Waals surface area contributed by atoms with Crippen molar-refractivity contribution in [1.82, 2.24) is 9.97 Å². The van der Waals surface area contributed by atoms with Crippen LogP contribution >= 0.6 is 11.3 Å². The van der Waals surface area contributed by atoms with E-state index in [1.165, 1.54) is 4.88 Å². The number of nitrogens with one attached hydrogen (secondary N) is 2. The van der Waals surface area contributed by atoms with Crippen molar-refractivity contribution in [2.45, 2.75) is 33.2 Å². The number of anilines is 2. The molecule has 2 aromatic heterocycles. The Morgan fingerprint density at radius 2 is 2.16 bits per heavy atom. The highest BCUT2D eigenvalue weighted by Crippen LogP contribution is 2.30. The largest absolute Gasteiger partial charge is 0.394 e. The predicted octanol–water partition coefficient (Wildman–Crippen LogP) is 2.61. The Balaban J connectivity index is 2.43. The number of hydrogen-bond donors (Lipinski definition) is 3. The van der Waals surface area contributed by atoms with Crippen LogP contribution in [0.4, 0.5) is 11.8 Å². The molecule has 0 aliphatic carbocycles. The molecule has 0 aliphatic heterocycles. The second-order valence-corrected chi connectivity index (χ2v) is 5.67. The number of fused-ring (bicyclic) bond motifs is 1. The average Bonchev–Trinajstić information content (AvgIpc) is 2.76. The lowest BCUT2D eigenvalue weighted by atomic mass is 10.2. The number of rotatable bonds is 6. The fourth-order valence-electron chi connectivity index (χ4n) is 1.86. The van der Waals surface area contributed by atoms with Crippen molar-refractivity contribution in [3.63, 3.8) is 0 Å². The lowest BCUT2D eigenvalue weighted by Crippen LogP contribution is -2.23. The number of aliphatic hydroxyl groups excluding tert-OH is 1. The van der Waals surface area contributed by atoms with Gasteiger partial charge in [0.25, 0.3) is 0 Å². The van der Waals surface area contributed by atoms with Crippen molar-refractivity contribution in [2.24, 2.45) is 0 Å². The first-order valence-electron chi connectivity index (χ1n) is 6.57. The van der Waals surface area contributed by atoms with Crippen molar-refractivity contribution >= 4 is 33.3 Å². The van der Waals surface area contributed by atoms with Crippen molar-refractivity contribution in [3.05, 3.63) is 10.9 Å². The normalized spacial score (nSPS) is 12.6. The molecule has 0 spiro atoms. The summed E-state index contributed by atoms with van der Waals surface area (Å²) in [7, 11) is 0. The van der Waals surface area contributed by atoms with Gasteiger partial charge in [-0.15, -0.1) is 11.3 Å². The Morgan fingerprint density at radius 3 is 2.79 bits per heavy atom. The molecule has 0 amide bonds. The molecule has 2 aromatic rings. The van der Waals surface area contributed by atoms with Crippen LogP contribution in [0.2, 0.25) is 0 Å². The van der Waals surface area contributed by atoms with Crippen LogP contribution in [0.5, 0.6) is 0 Å². The third-order valence-corrected chi connectivity index (χ3v) is 3.85. The third kappa shape index (κ3) is 3.13. The molecule has 104 valence electrons. The van der Waals surface area contributed by atoms with E-state index >= 15 is 0 Å². The van der Waals surface area contributed by atoms with E-state index in [2.05, 4.69) is 33.6 Å². The zero-order valence-corrected chi connectivity index (χ0v) is 12.3. The second-order valence-electron chi connectivity index (χ2n) is 4.43. The monoisotopic (exact) mass is 280 g/mol. The Kier molecular flexibility index (Phi) is 4.55. The molecule has 1 unspecified atom stereocenters. The number of aromatic nitrogens is 2. The molecular weight excluding hydrogens is 260 g/mol. The van der Waals surface area contributed by atoms with Crippen LogP contribution in [-0.2, 0) is 0 Å². The number of hydrogen-bond acceptors (Lipinski definition) is 6. The van der Waals surface area contributed by atoms with Gasteiger partial charge < -0.3 is 15.7 Å². The molecule has 6 heteroatoms. The molecule has 0 radical (unpaired) electrons. The van der Waals surface area contributed by atoms with E-state index in [1.54, 1.807) is 11.3 Å². The highest BCUT2D eigenvalue weighted by molar-refractivity contribution is 7.18. The molecule has 2 rings (SSSR count). The van der Waals surface area contributed by atoms with Gasteiger partial charge in [0, 0.05) is 11.4 Å². The van der Waals surface area contributed by atoms with E-state index in [4.69, 9.17) is 0 Å². The van der Waals surface area contributed by atoms with Gasteiger partial charge >= 0.3 is 0 Å². The van der Waals surface area contributed by atoms with Crippen LogP contribution < -0.4 is 10.6 Å². The summed E-state index contributed by atoms with van der Waals surface area (Å²) in [6, 6.07) is 2.11. The van der Waals surface area contributed by atoms with Crippen LogP contribution in [-0.4, -0.2) is 34.3 Å². The van der Waals surface area contributed by atoms with Gasteiger partial charge in [-0.1, -0.05) is 6.92 Å². The number of nitrogens with zero attached hydrogens (tertiary/aromatic N) is 2. The van der Waals surface area contributed by atoms with Crippen molar-refractivity contribution in [3.8, 4) is 0 Å². The smallest absolute Gasteiger partial charge is 0.226 e. The lowest BCUT2D eigenvalue weighted by Gasteiger charge is -2.16. The summed E-state index contributed by atoms with van der Waals surface area (Å²) in [4.78, 5) is 11.2. The average molecular weight is 280 g/mol. The SMILES string of the molecule is CCNc1nc(NC(CC)CO)c2cc(C)sc2n1. The van der Waals surface area contributed by atoms with Crippen molar-refractivity contribution in [1.29, 1.82) is 0 Å². The van der Waals surface area contributed by atoms with Crippen LogP contribution in [0.25, 0.3) is 10.2 Å². The summed E-state index contributed by atoms with van der Waals surface area (Å²) in [5.74, 6) is 1.43. The molecular formula is C13H20N4OS. The molecule has 0 fully saturated rings. The van der Waals surface area contributed by atoms with Gasteiger partial charge in [0.05, 0.1) is 18.0 Å². The van der Waals surface area contributed by atoms with E-state index in [1.807, 2.05) is 13.8 Å². The van der Waals surface area contributed by atoms with Crippen molar-refractivity contribution in [2.75, 3.05) is 23.8 Å². The Morgan fingerprint density at radius 1 is 1.37 bits per heavy atom. The molecule has 0 saturated heterocycles. The van der Waals surface area contributed by atoms with Crippen LogP contribution in [0.3, 0.4) is 0 Å². The van der Waals surface area contributed by atoms with Gasteiger partial charge in [-0.05, 0) is 26.3 Å². The van der Waals surface area contributed by atoms with Gasteiger partial charge in [0.15, 0.2) is 0 Å². The van der Waals surface area contributed by atoms with Crippen LogP contribution in [0.15, 0.2) is 6.07 Å². The maximum Gasteiger partial charge on any atom is 0.226 e. The topological polar surface area (TPSA) is 70.1 Å². The van der Waals surface area contributed by atoms with E-state index in [0.717, 1.165) is 29.0 Å². The maximum atomic E-state index is 9.32. The first kappa shape index (κ1) is 14.0.